The molecule has 5 heteroatoms. The van der Waals surface area contributed by atoms with Gasteiger partial charge in [0, 0.05) is 23.5 Å². The molecular weight excluding hydrogens is 312 g/mol. The van der Waals surface area contributed by atoms with Crippen LogP contribution in [0.5, 0.6) is 0 Å². The van der Waals surface area contributed by atoms with Crippen LogP contribution in [0.2, 0.25) is 0 Å². The maximum atomic E-state index is 12.7. The number of carbonyl (C=O) groups excluding carboxylic acids is 1. The van der Waals surface area contributed by atoms with E-state index in [9.17, 15) is 4.79 Å². The molecule has 0 saturated heterocycles. The maximum Gasteiger partial charge on any atom is 0.226 e. The first-order valence-corrected chi connectivity index (χ1v) is 9.31. The molecule has 2 aromatic heterocycles. The van der Waals surface area contributed by atoms with Crippen molar-refractivity contribution in [1.82, 2.24) is 9.97 Å². The number of carbonyl (C=O) groups is 1. The summed E-state index contributed by atoms with van der Waals surface area (Å²) in [5.74, 6) is 2.13. The number of hydrogen-bond acceptors (Lipinski definition) is 4. The summed E-state index contributed by atoms with van der Waals surface area (Å²) in [4.78, 5) is 21.3. The van der Waals surface area contributed by atoms with Crippen molar-refractivity contribution in [3.8, 4) is 0 Å². The van der Waals surface area contributed by atoms with Crippen molar-refractivity contribution >= 4 is 22.6 Å². The highest BCUT2D eigenvalue weighted by atomic mass is 16.1. The molecule has 4 fully saturated rings. The van der Waals surface area contributed by atoms with Gasteiger partial charge >= 0.3 is 0 Å². The van der Waals surface area contributed by atoms with Crippen molar-refractivity contribution in [2.45, 2.75) is 50.5 Å². The minimum absolute atomic E-state index is 0.0166. The van der Waals surface area contributed by atoms with Gasteiger partial charge in [0.2, 0.25) is 5.91 Å². The van der Waals surface area contributed by atoms with Crippen LogP contribution in [-0.4, -0.2) is 21.4 Å². The molecule has 25 heavy (non-hydrogen) atoms. The third-order valence-electron chi connectivity index (χ3n) is 6.52. The Morgan fingerprint density at radius 2 is 2.04 bits per heavy atom. The molecule has 3 N–H and O–H groups in total. The third-order valence-corrected chi connectivity index (χ3v) is 6.52. The van der Waals surface area contributed by atoms with E-state index in [-0.39, 0.29) is 16.9 Å². The lowest BCUT2D eigenvalue weighted by Gasteiger charge is -2.61. The van der Waals surface area contributed by atoms with Crippen molar-refractivity contribution < 1.29 is 4.79 Å². The fourth-order valence-electron chi connectivity index (χ4n) is 6.30. The SMILES string of the molecule is NC12CC3CC(C1)CC(CC(=O)Nc1cc4cccnc4cn1)(C3)C2. The van der Waals surface area contributed by atoms with Crippen LogP contribution in [0.25, 0.3) is 10.9 Å². The second-order valence-corrected chi connectivity index (χ2v) is 8.81. The monoisotopic (exact) mass is 336 g/mol. The molecule has 2 heterocycles. The molecule has 2 atom stereocenters. The predicted molar refractivity (Wildman–Crippen MR) is 96.8 cm³/mol. The van der Waals surface area contributed by atoms with Gasteiger partial charge in [-0.05, 0) is 67.9 Å². The largest absolute Gasteiger partial charge is 0.325 e. The zero-order chi connectivity index (χ0) is 17.1. The minimum Gasteiger partial charge on any atom is -0.325 e. The molecule has 0 aromatic carbocycles. The van der Waals surface area contributed by atoms with E-state index in [0.29, 0.717) is 12.2 Å². The second kappa shape index (κ2) is 5.24. The topological polar surface area (TPSA) is 80.9 Å². The number of nitrogens with one attached hydrogen (secondary N) is 1. The Hall–Kier alpha value is -2.01. The number of anilines is 1. The van der Waals surface area contributed by atoms with Gasteiger partial charge in [0.15, 0.2) is 0 Å². The molecule has 2 aromatic rings. The number of nitrogens with zero attached hydrogens (tertiary/aromatic N) is 2. The molecule has 4 saturated carbocycles. The molecule has 2 unspecified atom stereocenters. The highest BCUT2D eigenvalue weighted by Gasteiger charge is 2.56. The summed E-state index contributed by atoms with van der Waals surface area (Å²) in [6, 6.07) is 5.77. The molecule has 0 spiro atoms. The van der Waals surface area contributed by atoms with Crippen LogP contribution in [0.4, 0.5) is 5.82 Å². The lowest BCUT2D eigenvalue weighted by atomic mass is 9.46. The van der Waals surface area contributed by atoms with Gasteiger partial charge in [-0.3, -0.25) is 9.78 Å². The van der Waals surface area contributed by atoms with Crippen LogP contribution in [0, 0.1) is 17.3 Å². The number of pyridine rings is 2. The third kappa shape index (κ3) is 2.71. The van der Waals surface area contributed by atoms with Gasteiger partial charge in [-0.2, -0.15) is 0 Å². The normalized spacial score (nSPS) is 35.9. The van der Waals surface area contributed by atoms with Gasteiger partial charge in [0.25, 0.3) is 0 Å². The molecular formula is C20H24N4O. The number of hydrogen-bond donors (Lipinski definition) is 2. The van der Waals surface area contributed by atoms with E-state index >= 15 is 0 Å². The van der Waals surface area contributed by atoms with Crippen molar-refractivity contribution in [2.24, 2.45) is 23.0 Å². The summed E-state index contributed by atoms with van der Waals surface area (Å²) < 4.78 is 0. The summed E-state index contributed by atoms with van der Waals surface area (Å²) in [6.07, 6.45) is 11.0. The van der Waals surface area contributed by atoms with Crippen molar-refractivity contribution in [2.75, 3.05) is 5.32 Å². The molecule has 0 radical (unpaired) electrons. The van der Waals surface area contributed by atoms with Crippen LogP contribution < -0.4 is 11.1 Å². The number of rotatable bonds is 3. The van der Waals surface area contributed by atoms with E-state index in [1.807, 2.05) is 18.2 Å². The van der Waals surface area contributed by atoms with Crippen LogP contribution in [0.3, 0.4) is 0 Å². The van der Waals surface area contributed by atoms with Crippen LogP contribution in [-0.2, 0) is 4.79 Å². The zero-order valence-electron chi connectivity index (χ0n) is 14.4. The number of nitrogens with two attached hydrogens (primary N) is 1. The Balaban J connectivity index is 1.33. The van der Waals surface area contributed by atoms with Crippen LogP contribution in [0.1, 0.15) is 44.9 Å². The van der Waals surface area contributed by atoms with Gasteiger partial charge in [-0.25, -0.2) is 4.98 Å². The Labute approximate surface area is 147 Å². The van der Waals surface area contributed by atoms with Gasteiger partial charge in [0.1, 0.15) is 5.82 Å². The number of fused-ring (bicyclic) bond motifs is 1. The van der Waals surface area contributed by atoms with E-state index in [1.165, 1.54) is 19.3 Å². The van der Waals surface area contributed by atoms with Gasteiger partial charge in [-0.1, -0.05) is 6.07 Å². The van der Waals surface area contributed by atoms with Gasteiger partial charge in [-0.15, -0.1) is 0 Å². The van der Waals surface area contributed by atoms with E-state index in [4.69, 9.17) is 5.73 Å². The molecule has 4 bridgehead atoms. The van der Waals surface area contributed by atoms with E-state index in [2.05, 4.69) is 15.3 Å². The second-order valence-electron chi connectivity index (χ2n) is 8.81. The smallest absolute Gasteiger partial charge is 0.226 e. The Morgan fingerprint density at radius 1 is 1.24 bits per heavy atom. The summed E-state index contributed by atoms with van der Waals surface area (Å²) in [7, 11) is 0. The van der Waals surface area contributed by atoms with E-state index in [1.54, 1.807) is 12.4 Å². The quantitative estimate of drug-likeness (QED) is 0.901. The average molecular weight is 336 g/mol. The molecule has 4 aliphatic rings. The summed E-state index contributed by atoms with van der Waals surface area (Å²) in [5.41, 5.74) is 7.58. The lowest BCUT2D eigenvalue weighted by molar-refractivity contribution is -0.125. The molecule has 0 aliphatic heterocycles. The highest BCUT2D eigenvalue weighted by molar-refractivity contribution is 5.92. The average Bonchev–Trinajstić information content (AvgIpc) is 2.51. The number of aromatic nitrogens is 2. The first-order valence-electron chi connectivity index (χ1n) is 9.31. The number of amides is 1. The van der Waals surface area contributed by atoms with Crippen molar-refractivity contribution in [1.29, 1.82) is 0 Å². The fraction of sp³-hybridized carbons (Fsp3) is 0.550. The van der Waals surface area contributed by atoms with Crippen LogP contribution >= 0.6 is 0 Å². The first-order chi connectivity index (χ1) is 12.0. The van der Waals surface area contributed by atoms with Crippen molar-refractivity contribution in [3.63, 3.8) is 0 Å². The zero-order valence-corrected chi connectivity index (χ0v) is 14.4. The molecule has 1 amide bonds. The Kier molecular flexibility index (Phi) is 3.20. The van der Waals surface area contributed by atoms with Gasteiger partial charge < -0.3 is 11.1 Å². The highest BCUT2D eigenvalue weighted by Crippen LogP contribution is 2.62. The Bertz CT molecular complexity index is 834. The summed E-state index contributed by atoms with van der Waals surface area (Å²) in [6.45, 7) is 0. The predicted octanol–water partition coefficient (Wildman–Crippen LogP) is 3.26. The summed E-state index contributed by atoms with van der Waals surface area (Å²) in [5, 5.41) is 3.99. The minimum atomic E-state index is -0.0166. The van der Waals surface area contributed by atoms with Crippen molar-refractivity contribution in [3.05, 3.63) is 30.6 Å². The molecule has 130 valence electrons. The summed E-state index contributed by atoms with van der Waals surface area (Å²) >= 11 is 0. The standard InChI is InChI=1S/C20H24N4O/c21-20-8-13-4-14(9-20)7-19(6-13,12-20)10-18(25)24-17-5-15-2-1-3-22-16(15)11-23-17/h1-3,5,11,13-14H,4,6-10,12,21H2,(H,23,24,25). The Morgan fingerprint density at radius 3 is 2.80 bits per heavy atom. The van der Waals surface area contributed by atoms with Gasteiger partial charge in [0.05, 0.1) is 11.7 Å². The molecule has 5 nitrogen and oxygen atoms in total. The van der Waals surface area contributed by atoms with Crippen LogP contribution in [0.15, 0.2) is 30.6 Å². The first kappa shape index (κ1) is 15.3. The maximum absolute atomic E-state index is 12.7. The molecule has 4 aliphatic carbocycles. The van der Waals surface area contributed by atoms with E-state index < -0.39 is 0 Å². The lowest BCUT2D eigenvalue weighted by Crippen LogP contribution is -2.60. The van der Waals surface area contributed by atoms with E-state index in [0.717, 1.165) is 42.0 Å². The molecule has 6 rings (SSSR count). The fourth-order valence-corrected chi connectivity index (χ4v) is 6.30.